The van der Waals surface area contributed by atoms with Gasteiger partial charge >= 0.3 is 0 Å². The number of imidazole rings is 1. The van der Waals surface area contributed by atoms with Crippen LogP contribution in [0.3, 0.4) is 0 Å². The van der Waals surface area contributed by atoms with Gasteiger partial charge < -0.3 is 9.40 Å². The molecule has 1 aromatic carbocycles. The number of aryl methyl sites for hydroxylation is 1. The highest BCUT2D eigenvalue weighted by Gasteiger charge is 2.34. The van der Waals surface area contributed by atoms with Gasteiger partial charge in [0, 0.05) is 30.6 Å². The van der Waals surface area contributed by atoms with E-state index in [1.807, 2.05) is 22.9 Å². The Kier molecular flexibility index (Phi) is 3.60. The van der Waals surface area contributed by atoms with Crippen LogP contribution in [0.5, 0.6) is 0 Å². The Morgan fingerprint density at radius 2 is 2.19 bits per heavy atom. The predicted octanol–water partition coefficient (Wildman–Crippen LogP) is 2.92. The maximum Gasteiger partial charge on any atom is 0.141 e. The molecule has 3 aromatic heterocycles. The van der Waals surface area contributed by atoms with Gasteiger partial charge in [-0.2, -0.15) is 5.10 Å². The van der Waals surface area contributed by atoms with Crippen LogP contribution < -0.4 is 0 Å². The zero-order valence-corrected chi connectivity index (χ0v) is 14.6. The van der Waals surface area contributed by atoms with Gasteiger partial charge in [0.15, 0.2) is 0 Å². The van der Waals surface area contributed by atoms with Gasteiger partial charge in [0.1, 0.15) is 29.5 Å². The molecular weight excluding hydrogens is 328 g/mol. The molecule has 1 N–H and O–H groups in total. The summed E-state index contributed by atoms with van der Waals surface area (Å²) in [6.07, 6.45) is 4.34. The van der Waals surface area contributed by atoms with E-state index in [1.54, 1.807) is 12.7 Å². The molecule has 0 saturated carbocycles. The van der Waals surface area contributed by atoms with E-state index in [2.05, 4.69) is 44.0 Å². The van der Waals surface area contributed by atoms with Crippen LogP contribution in [0, 0.1) is 0 Å². The van der Waals surface area contributed by atoms with E-state index >= 15 is 0 Å². The van der Waals surface area contributed by atoms with E-state index in [4.69, 9.17) is 4.42 Å². The summed E-state index contributed by atoms with van der Waals surface area (Å²) in [4.78, 5) is 14.7. The standard InChI is InChI=1S/C19H20N6O/c1-2-25-17(21-12-23-25)10-24-8-7-14-18(22-11-20-14)19(24)16-9-13-5-3-4-6-15(13)26-16/h3-6,9,11-12,19H,2,7-8,10H2,1H3,(H,20,22). The van der Waals surface area contributed by atoms with Crippen LogP contribution in [0.1, 0.15) is 35.9 Å². The normalized spacial score (nSPS) is 17.7. The minimum atomic E-state index is -0.0283. The topological polar surface area (TPSA) is 75.8 Å². The van der Waals surface area contributed by atoms with E-state index in [0.29, 0.717) is 6.54 Å². The van der Waals surface area contributed by atoms with Gasteiger partial charge in [-0.25, -0.2) is 14.6 Å². The molecule has 0 amide bonds. The van der Waals surface area contributed by atoms with E-state index in [-0.39, 0.29) is 6.04 Å². The number of hydrogen-bond donors (Lipinski definition) is 1. The highest BCUT2D eigenvalue weighted by atomic mass is 16.3. The Balaban J connectivity index is 1.57. The first-order valence-electron chi connectivity index (χ1n) is 8.95. The second-order valence-corrected chi connectivity index (χ2v) is 6.57. The first kappa shape index (κ1) is 15.3. The second-order valence-electron chi connectivity index (χ2n) is 6.57. The fraction of sp³-hybridized carbons (Fsp3) is 0.316. The van der Waals surface area contributed by atoms with Crippen molar-refractivity contribution in [2.24, 2.45) is 0 Å². The molecule has 4 aromatic rings. The summed E-state index contributed by atoms with van der Waals surface area (Å²) in [5.74, 6) is 1.88. The lowest BCUT2D eigenvalue weighted by Gasteiger charge is -2.33. The van der Waals surface area contributed by atoms with Crippen molar-refractivity contribution < 1.29 is 4.42 Å². The molecule has 0 aliphatic carbocycles. The molecule has 1 aliphatic heterocycles. The molecule has 132 valence electrons. The summed E-state index contributed by atoms with van der Waals surface area (Å²) in [7, 11) is 0. The van der Waals surface area contributed by atoms with E-state index in [9.17, 15) is 0 Å². The third-order valence-electron chi connectivity index (χ3n) is 5.08. The summed E-state index contributed by atoms with van der Waals surface area (Å²) < 4.78 is 8.14. The molecular formula is C19H20N6O. The molecule has 26 heavy (non-hydrogen) atoms. The number of H-pyrrole nitrogens is 1. The zero-order chi connectivity index (χ0) is 17.5. The summed E-state index contributed by atoms with van der Waals surface area (Å²) in [6, 6.07) is 10.2. The number of benzene rings is 1. The lowest BCUT2D eigenvalue weighted by atomic mass is 10.00. The monoisotopic (exact) mass is 348 g/mol. The van der Waals surface area contributed by atoms with Crippen LogP contribution in [-0.4, -0.2) is 36.2 Å². The van der Waals surface area contributed by atoms with E-state index in [0.717, 1.165) is 47.8 Å². The van der Waals surface area contributed by atoms with Crippen molar-refractivity contribution in [3.63, 3.8) is 0 Å². The number of fused-ring (bicyclic) bond motifs is 2. The summed E-state index contributed by atoms with van der Waals surface area (Å²) in [6.45, 7) is 4.51. The van der Waals surface area contributed by atoms with Crippen molar-refractivity contribution in [2.45, 2.75) is 32.5 Å². The van der Waals surface area contributed by atoms with Crippen molar-refractivity contribution in [1.29, 1.82) is 0 Å². The number of nitrogens with zero attached hydrogens (tertiary/aromatic N) is 5. The quantitative estimate of drug-likeness (QED) is 0.614. The zero-order valence-electron chi connectivity index (χ0n) is 14.6. The highest BCUT2D eigenvalue weighted by Crippen LogP contribution is 2.36. The van der Waals surface area contributed by atoms with Gasteiger partial charge in [-0.15, -0.1) is 0 Å². The maximum absolute atomic E-state index is 6.20. The van der Waals surface area contributed by atoms with Crippen LogP contribution in [0.2, 0.25) is 0 Å². The van der Waals surface area contributed by atoms with Gasteiger partial charge in [-0.3, -0.25) is 4.90 Å². The Morgan fingerprint density at radius 1 is 1.27 bits per heavy atom. The van der Waals surface area contributed by atoms with Crippen LogP contribution in [0.25, 0.3) is 11.0 Å². The molecule has 0 spiro atoms. The number of aromatic nitrogens is 5. The number of rotatable bonds is 4. The predicted molar refractivity (Wildman–Crippen MR) is 96.5 cm³/mol. The average Bonchev–Trinajstić information content (AvgIpc) is 3.40. The highest BCUT2D eigenvalue weighted by molar-refractivity contribution is 5.78. The fourth-order valence-corrected chi connectivity index (χ4v) is 3.80. The molecule has 0 radical (unpaired) electrons. The second kappa shape index (κ2) is 6.10. The Bertz CT molecular complexity index is 1010. The van der Waals surface area contributed by atoms with Gasteiger partial charge in [0.2, 0.25) is 0 Å². The lowest BCUT2D eigenvalue weighted by molar-refractivity contribution is 0.174. The lowest BCUT2D eigenvalue weighted by Crippen LogP contribution is -2.36. The molecule has 1 atom stereocenters. The molecule has 5 rings (SSSR count). The van der Waals surface area contributed by atoms with Crippen molar-refractivity contribution in [3.8, 4) is 0 Å². The van der Waals surface area contributed by atoms with Crippen LogP contribution in [0.4, 0.5) is 0 Å². The third-order valence-corrected chi connectivity index (χ3v) is 5.08. The third kappa shape index (κ3) is 2.43. The van der Waals surface area contributed by atoms with Crippen molar-refractivity contribution in [1.82, 2.24) is 29.6 Å². The number of hydrogen-bond acceptors (Lipinski definition) is 5. The van der Waals surface area contributed by atoms with Crippen molar-refractivity contribution in [2.75, 3.05) is 6.54 Å². The van der Waals surface area contributed by atoms with Gasteiger partial charge in [-0.05, 0) is 19.1 Å². The van der Waals surface area contributed by atoms with Crippen molar-refractivity contribution in [3.05, 3.63) is 66.0 Å². The van der Waals surface area contributed by atoms with Crippen LogP contribution >= 0.6 is 0 Å². The van der Waals surface area contributed by atoms with Crippen LogP contribution in [-0.2, 0) is 19.5 Å². The number of aromatic amines is 1. The first-order chi connectivity index (χ1) is 12.8. The Hall–Kier alpha value is -2.93. The molecule has 1 unspecified atom stereocenters. The summed E-state index contributed by atoms with van der Waals surface area (Å²) in [5.41, 5.74) is 3.13. The molecule has 0 saturated heterocycles. The molecule has 7 heteroatoms. The minimum absolute atomic E-state index is 0.0283. The minimum Gasteiger partial charge on any atom is -0.459 e. The Morgan fingerprint density at radius 3 is 3.08 bits per heavy atom. The summed E-state index contributed by atoms with van der Waals surface area (Å²) >= 11 is 0. The number of nitrogens with one attached hydrogen (secondary N) is 1. The fourth-order valence-electron chi connectivity index (χ4n) is 3.80. The van der Waals surface area contributed by atoms with Gasteiger partial charge in [-0.1, -0.05) is 18.2 Å². The largest absolute Gasteiger partial charge is 0.459 e. The summed E-state index contributed by atoms with van der Waals surface area (Å²) in [5, 5.41) is 5.41. The Labute approximate surface area is 150 Å². The SMILES string of the molecule is CCn1ncnc1CN1CCc2[nH]cnc2C1c1cc2ccccc2o1. The molecule has 0 fully saturated rings. The smallest absolute Gasteiger partial charge is 0.141 e. The number of para-hydroxylation sites is 1. The van der Waals surface area contributed by atoms with Crippen molar-refractivity contribution >= 4 is 11.0 Å². The first-order valence-corrected chi connectivity index (χ1v) is 8.95. The maximum atomic E-state index is 6.20. The van der Waals surface area contributed by atoms with Gasteiger partial charge in [0.05, 0.1) is 18.6 Å². The molecule has 7 nitrogen and oxygen atoms in total. The molecule has 0 bridgehead atoms. The average molecular weight is 348 g/mol. The van der Waals surface area contributed by atoms with E-state index < -0.39 is 0 Å². The van der Waals surface area contributed by atoms with E-state index in [1.165, 1.54) is 5.69 Å². The van der Waals surface area contributed by atoms with Crippen LogP contribution in [0.15, 0.2) is 47.4 Å². The molecule has 1 aliphatic rings. The van der Waals surface area contributed by atoms with Gasteiger partial charge in [0.25, 0.3) is 0 Å². The number of furan rings is 1. The molecule has 4 heterocycles.